The molecule has 1 saturated carbocycles. The fraction of sp³-hybridized carbons (Fsp3) is 0.733. The van der Waals surface area contributed by atoms with Gasteiger partial charge in [-0.2, -0.15) is 0 Å². The lowest BCUT2D eigenvalue weighted by Gasteiger charge is -2.33. The minimum absolute atomic E-state index is 0.767. The molecule has 2 rings (SSSR count). The van der Waals surface area contributed by atoms with Crippen LogP contribution in [0, 0.1) is 11.8 Å². The Morgan fingerprint density at radius 2 is 2.11 bits per heavy atom. The topological polar surface area (TPSA) is 29.3 Å². The van der Waals surface area contributed by atoms with Crippen molar-refractivity contribution >= 4 is 11.3 Å². The average molecular weight is 266 g/mol. The summed E-state index contributed by atoms with van der Waals surface area (Å²) >= 11 is 1.87. The molecule has 2 N–H and O–H groups in total. The smallest absolute Gasteiger partial charge is 0.00579 e. The lowest BCUT2D eigenvalue weighted by atomic mass is 9.79. The van der Waals surface area contributed by atoms with Gasteiger partial charge in [0.15, 0.2) is 0 Å². The van der Waals surface area contributed by atoms with E-state index in [9.17, 15) is 0 Å². The van der Waals surface area contributed by atoms with Gasteiger partial charge in [-0.3, -0.25) is 0 Å². The van der Waals surface area contributed by atoms with Crippen LogP contribution in [-0.2, 0) is 6.42 Å². The van der Waals surface area contributed by atoms with Crippen molar-refractivity contribution in [1.82, 2.24) is 4.90 Å². The molecule has 2 nitrogen and oxygen atoms in total. The summed E-state index contributed by atoms with van der Waals surface area (Å²) < 4.78 is 0. The molecule has 2 unspecified atom stereocenters. The second-order valence-corrected chi connectivity index (χ2v) is 6.66. The van der Waals surface area contributed by atoms with Gasteiger partial charge in [0.1, 0.15) is 0 Å². The fourth-order valence-electron chi connectivity index (χ4n) is 3.08. The van der Waals surface area contributed by atoms with Crippen LogP contribution in [-0.4, -0.2) is 31.6 Å². The van der Waals surface area contributed by atoms with Crippen molar-refractivity contribution in [2.24, 2.45) is 17.6 Å². The van der Waals surface area contributed by atoms with Crippen molar-refractivity contribution in [3.05, 3.63) is 22.4 Å². The van der Waals surface area contributed by atoms with Crippen LogP contribution in [0.25, 0.3) is 0 Å². The Morgan fingerprint density at radius 1 is 1.33 bits per heavy atom. The van der Waals surface area contributed by atoms with Crippen molar-refractivity contribution in [2.45, 2.75) is 32.1 Å². The number of nitrogens with two attached hydrogens (primary N) is 1. The molecule has 0 aromatic carbocycles. The largest absolute Gasteiger partial charge is 0.330 e. The van der Waals surface area contributed by atoms with Crippen LogP contribution in [0.3, 0.4) is 0 Å². The van der Waals surface area contributed by atoms with Crippen molar-refractivity contribution in [1.29, 1.82) is 0 Å². The monoisotopic (exact) mass is 266 g/mol. The van der Waals surface area contributed by atoms with Crippen LogP contribution < -0.4 is 5.73 Å². The molecular formula is C15H26N2S. The minimum atomic E-state index is 0.767. The third-order valence-corrected chi connectivity index (χ3v) is 5.17. The molecular weight excluding hydrogens is 240 g/mol. The molecule has 1 heterocycles. The molecule has 0 spiro atoms. The highest BCUT2D eigenvalue weighted by atomic mass is 32.1. The Labute approximate surface area is 115 Å². The number of nitrogens with zero attached hydrogens (tertiary/aromatic N) is 1. The van der Waals surface area contributed by atoms with Crippen molar-refractivity contribution < 1.29 is 0 Å². The Morgan fingerprint density at radius 3 is 2.78 bits per heavy atom. The summed E-state index contributed by atoms with van der Waals surface area (Å²) in [5, 5.41) is 2.17. The highest BCUT2D eigenvalue weighted by Crippen LogP contribution is 2.29. The Hall–Kier alpha value is -0.380. The van der Waals surface area contributed by atoms with Crippen LogP contribution in [0.2, 0.25) is 0 Å². The van der Waals surface area contributed by atoms with E-state index in [1.807, 2.05) is 11.3 Å². The molecule has 0 amide bonds. The summed E-state index contributed by atoms with van der Waals surface area (Å²) in [7, 11) is 2.26. The first-order valence-corrected chi connectivity index (χ1v) is 8.08. The predicted octanol–water partition coefficient (Wildman–Crippen LogP) is 2.99. The Balaban J connectivity index is 1.73. The maximum atomic E-state index is 5.90. The van der Waals surface area contributed by atoms with E-state index in [1.54, 1.807) is 0 Å². The molecule has 102 valence electrons. The molecule has 0 saturated heterocycles. The third kappa shape index (κ3) is 4.08. The number of hydrogen-bond donors (Lipinski definition) is 1. The second kappa shape index (κ2) is 7.27. The van der Waals surface area contributed by atoms with Crippen LogP contribution in [0.5, 0.6) is 0 Å². The molecule has 1 aliphatic rings. The molecule has 2 atom stereocenters. The maximum Gasteiger partial charge on any atom is 0.00579 e. The first-order valence-electron chi connectivity index (χ1n) is 7.20. The highest BCUT2D eigenvalue weighted by molar-refractivity contribution is 7.09. The van der Waals surface area contributed by atoms with Crippen LogP contribution in [0.1, 0.15) is 30.6 Å². The molecule has 18 heavy (non-hydrogen) atoms. The normalized spacial score (nSPS) is 24.6. The highest BCUT2D eigenvalue weighted by Gasteiger charge is 2.24. The van der Waals surface area contributed by atoms with Gasteiger partial charge in [0, 0.05) is 18.0 Å². The van der Waals surface area contributed by atoms with E-state index in [0.717, 1.165) is 18.4 Å². The SMILES string of the molecule is CN(CCc1cccs1)CC1CCCCC1CN. The molecule has 1 aromatic heterocycles. The van der Waals surface area contributed by atoms with Gasteiger partial charge < -0.3 is 10.6 Å². The van der Waals surface area contributed by atoms with Crippen molar-refractivity contribution in [2.75, 3.05) is 26.7 Å². The molecule has 0 radical (unpaired) electrons. The van der Waals surface area contributed by atoms with Gasteiger partial charge in [-0.1, -0.05) is 18.9 Å². The Bertz CT molecular complexity index is 323. The standard InChI is InChI=1S/C15H26N2S/c1-17(9-8-15-7-4-10-18-15)12-14-6-3-2-5-13(14)11-16/h4,7,10,13-14H,2-3,5-6,8-9,11-12,16H2,1H3. The first kappa shape index (κ1) is 14.0. The van der Waals surface area contributed by atoms with E-state index in [4.69, 9.17) is 5.73 Å². The van der Waals surface area contributed by atoms with Gasteiger partial charge >= 0.3 is 0 Å². The molecule has 1 fully saturated rings. The third-order valence-electron chi connectivity index (χ3n) is 4.24. The second-order valence-electron chi connectivity index (χ2n) is 5.63. The molecule has 1 aliphatic carbocycles. The van der Waals surface area contributed by atoms with E-state index < -0.39 is 0 Å². The summed E-state index contributed by atoms with van der Waals surface area (Å²) in [6.07, 6.45) is 6.70. The van der Waals surface area contributed by atoms with E-state index >= 15 is 0 Å². The fourth-order valence-corrected chi connectivity index (χ4v) is 3.78. The van der Waals surface area contributed by atoms with Crippen LogP contribution in [0.15, 0.2) is 17.5 Å². The maximum absolute atomic E-state index is 5.90. The molecule has 1 aromatic rings. The van der Waals surface area contributed by atoms with Crippen LogP contribution in [0.4, 0.5) is 0 Å². The van der Waals surface area contributed by atoms with Crippen molar-refractivity contribution in [3.8, 4) is 0 Å². The van der Waals surface area contributed by atoms with Gasteiger partial charge in [0.05, 0.1) is 0 Å². The summed E-state index contributed by atoms with van der Waals surface area (Å²) in [6, 6.07) is 4.38. The van der Waals surface area contributed by atoms with Gasteiger partial charge in [0.25, 0.3) is 0 Å². The number of hydrogen-bond acceptors (Lipinski definition) is 3. The van der Waals surface area contributed by atoms with E-state index in [-0.39, 0.29) is 0 Å². The van der Waals surface area contributed by atoms with E-state index in [1.165, 1.54) is 50.1 Å². The lowest BCUT2D eigenvalue weighted by Crippen LogP contribution is -2.36. The van der Waals surface area contributed by atoms with Gasteiger partial charge in [-0.05, 0) is 56.1 Å². The molecule has 3 heteroatoms. The average Bonchev–Trinajstić information content (AvgIpc) is 2.90. The van der Waals surface area contributed by atoms with E-state index in [2.05, 4.69) is 29.5 Å². The lowest BCUT2D eigenvalue weighted by molar-refractivity contribution is 0.175. The first-order chi connectivity index (χ1) is 8.79. The summed E-state index contributed by atoms with van der Waals surface area (Å²) in [5.41, 5.74) is 5.90. The number of rotatable bonds is 6. The zero-order chi connectivity index (χ0) is 12.8. The van der Waals surface area contributed by atoms with Gasteiger partial charge in [0.2, 0.25) is 0 Å². The van der Waals surface area contributed by atoms with Crippen molar-refractivity contribution in [3.63, 3.8) is 0 Å². The quantitative estimate of drug-likeness (QED) is 0.857. The molecule has 0 aliphatic heterocycles. The zero-order valence-corrected chi connectivity index (χ0v) is 12.3. The Kier molecular flexibility index (Phi) is 5.67. The minimum Gasteiger partial charge on any atom is -0.330 e. The van der Waals surface area contributed by atoms with Crippen LogP contribution >= 0.6 is 11.3 Å². The summed E-state index contributed by atoms with van der Waals surface area (Å²) in [4.78, 5) is 4.00. The zero-order valence-electron chi connectivity index (χ0n) is 11.5. The molecule has 0 bridgehead atoms. The summed E-state index contributed by atoms with van der Waals surface area (Å²) in [5.74, 6) is 1.60. The number of thiophene rings is 1. The predicted molar refractivity (Wildman–Crippen MR) is 80.0 cm³/mol. The summed E-state index contributed by atoms with van der Waals surface area (Å²) in [6.45, 7) is 3.28. The van der Waals surface area contributed by atoms with Gasteiger partial charge in [-0.15, -0.1) is 11.3 Å². The number of likely N-dealkylation sites (N-methyl/N-ethyl adjacent to an activating group) is 1. The van der Waals surface area contributed by atoms with Gasteiger partial charge in [-0.25, -0.2) is 0 Å². The van der Waals surface area contributed by atoms with E-state index in [0.29, 0.717) is 0 Å².